The molecule has 0 amide bonds. The van der Waals surface area contributed by atoms with Crippen molar-refractivity contribution in [2.24, 2.45) is 0 Å². The maximum atomic E-state index is 6.03. The summed E-state index contributed by atoms with van der Waals surface area (Å²) in [5.41, 5.74) is 9.06. The van der Waals surface area contributed by atoms with Crippen LogP contribution in [0, 0.1) is 0 Å². The summed E-state index contributed by atoms with van der Waals surface area (Å²) < 4.78 is 0. The largest absolute Gasteiger partial charge is 0.398 e. The lowest BCUT2D eigenvalue weighted by atomic mass is 10.1. The minimum atomic E-state index is 0.786. The highest BCUT2D eigenvalue weighted by Crippen LogP contribution is 2.29. The molecule has 4 nitrogen and oxygen atoms in total. The summed E-state index contributed by atoms with van der Waals surface area (Å²) in [5, 5.41) is 2.13. The van der Waals surface area contributed by atoms with Crippen molar-refractivity contribution in [2.45, 2.75) is 6.42 Å². The number of fused-ring (bicyclic) bond motifs is 1. The second-order valence-electron chi connectivity index (χ2n) is 5.09. The summed E-state index contributed by atoms with van der Waals surface area (Å²) in [6, 6.07) is 12.0. The molecule has 106 valence electrons. The Balaban J connectivity index is 1.85. The highest BCUT2D eigenvalue weighted by molar-refractivity contribution is 6.00. The SMILES string of the molecule is CN(CCc1ccccn1)c1ccc(N)c2ccncc12. The summed E-state index contributed by atoms with van der Waals surface area (Å²) in [4.78, 5) is 10.8. The standard InChI is InChI=1S/C17H18N4/c1-21(11-8-13-4-2-3-9-20-13)17-6-5-16(18)14-7-10-19-12-15(14)17/h2-7,9-10,12H,8,11,18H2,1H3. The molecular weight excluding hydrogens is 260 g/mol. The lowest BCUT2D eigenvalue weighted by molar-refractivity contribution is 0.855. The van der Waals surface area contributed by atoms with Crippen LogP contribution in [0.1, 0.15) is 5.69 Å². The number of benzene rings is 1. The second kappa shape index (κ2) is 5.79. The molecule has 0 fully saturated rings. The molecule has 0 aliphatic carbocycles. The van der Waals surface area contributed by atoms with Crippen LogP contribution < -0.4 is 10.6 Å². The maximum absolute atomic E-state index is 6.03. The van der Waals surface area contributed by atoms with E-state index in [-0.39, 0.29) is 0 Å². The summed E-state index contributed by atoms with van der Waals surface area (Å²) in [5.74, 6) is 0. The topological polar surface area (TPSA) is 55.0 Å². The van der Waals surface area contributed by atoms with Gasteiger partial charge in [0.2, 0.25) is 0 Å². The van der Waals surface area contributed by atoms with Crippen LogP contribution in [-0.4, -0.2) is 23.6 Å². The van der Waals surface area contributed by atoms with Crippen LogP contribution in [0.4, 0.5) is 11.4 Å². The van der Waals surface area contributed by atoms with Crippen LogP contribution in [0.2, 0.25) is 0 Å². The fourth-order valence-electron chi connectivity index (χ4n) is 2.48. The molecule has 0 bridgehead atoms. The monoisotopic (exact) mass is 278 g/mol. The number of nitrogen functional groups attached to an aromatic ring is 1. The van der Waals surface area contributed by atoms with Gasteiger partial charge in [-0.25, -0.2) is 0 Å². The molecule has 0 radical (unpaired) electrons. The summed E-state index contributed by atoms with van der Waals surface area (Å²) in [6.45, 7) is 0.894. The Morgan fingerprint density at radius 3 is 2.76 bits per heavy atom. The first kappa shape index (κ1) is 13.4. The van der Waals surface area contributed by atoms with Gasteiger partial charge in [0.05, 0.1) is 0 Å². The van der Waals surface area contributed by atoms with Crippen molar-refractivity contribution in [1.29, 1.82) is 0 Å². The smallest absolute Gasteiger partial charge is 0.0460 e. The first-order valence-electron chi connectivity index (χ1n) is 6.99. The summed E-state index contributed by atoms with van der Waals surface area (Å²) in [7, 11) is 2.08. The number of nitrogens with zero attached hydrogens (tertiary/aromatic N) is 3. The zero-order chi connectivity index (χ0) is 14.7. The van der Waals surface area contributed by atoms with Crippen LogP contribution in [-0.2, 0) is 6.42 Å². The third-order valence-electron chi connectivity index (χ3n) is 3.67. The minimum Gasteiger partial charge on any atom is -0.398 e. The van der Waals surface area contributed by atoms with Crippen molar-refractivity contribution < 1.29 is 0 Å². The number of nitrogens with two attached hydrogens (primary N) is 1. The summed E-state index contributed by atoms with van der Waals surface area (Å²) >= 11 is 0. The lowest BCUT2D eigenvalue weighted by Crippen LogP contribution is -2.21. The lowest BCUT2D eigenvalue weighted by Gasteiger charge is -2.21. The van der Waals surface area contributed by atoms with Crippen LogP contribution in [0.25, 0.3) is 10.8 Å². The highest BCUT2D eigenvalue weighted by atomic mass is 15.1. The molecule has 0 aliphatic rings. The Kier molecular flexibility index (Phi) is 3.69. The Hall–Kier alpha value is -2.62. The molecule has 2 heterocycles. The Morgan fingerprint density at radius 2 is 1.95 bits per heavy atom. The predicted molar refractivity (Wildman–Crippen MR) is 87.4 cm³/mol. The molecule has 0 atom stereocenters. The van der Waals surface area contributed by atoms with Crippen molar-refractivity contribution >= 4 is 22.1 Å². The van der Waals surface area contributed by atoms with Gasteiger partial charge in [-0.05, 0) is 30.3 Å². The molecule has 0 saturated carbocycles. The van der Waals surface area contributed by atoms with E-state index in [1.165, 1.54) is 0 Å². The zero-order valence-electron chi connectivity index (χ0n) is 12.0. The van der Waals surface area contributed by atoms with E-state index in [0.717, 1.165) is 40.8 Å². The first-order valence-corrected chi connectivity index (χ1v) is 6.99. The van der Waals surface area contributed by atoms with Gasteiger partial charge in [0.15, 0.2) is 0 Å². The van der Waals surface area contributed by atoms with Crippen molar-refractivity contribution in [1.82, 2.24) is 9.97 Å². The third kappa shape index (κ3) is 2.79. The van der Waals surface area contributed by atoms with E-state index < -0.39 is 0 Å². The van der Waals surface area contributed by atoms with Crippen molar-refractivity contribution in [3.05, 3.63) is 60.7 Å². The van der Waals surface area contributed by atoms with E-state index in [1.54, 1.807) is 6.20 Å². The van der Waals surface area contributed by atoms with Gasteiger partial charge in [-0.15, -0.1) is 0 Å². The first-order chi connectivity index (χ1) is 10.3. The average molecular weight is 278 g/mol. The van der Waals surface area contributed by atoms with Gasteiger partial charge in [0.25, 0.3) is 0 Å². The minimum absolute atomic E-state index is 0.786. The zero-order valence-corrected chi connectivity index (χ0v) is 12.0. The van der Waals surface area contributed by atoms with Gasteiger partial charge in [-0.1, -0.05) is 6.07 Å². The molecule has 0 saturated heterocycles. The number of rotatable bonds is 4. The fourth-order valence-corrected chi connectivity index (χ4v) is 2.48. The molecule has 21 heavy (non-hydrogen) atoms. The Morgan fingerprint density at radius 1 is 1.05 bits per heavy atom. The van der Waals surface area contributed by atoms with E-state index in [4.69, 9.17) is 5.73 Å². The molecule has 0 spiro atoms. The van der Waals surface area contributed by atoms with Crippen molar-refractivity contribution in [3.63, 3.8) is 0 Å². The van der Waals surface area contributed by atoms with Gasteiger partial charge < -0.3 is 10.6 Å². The number of likely N-dealkylation sites (N-methyl/N-ethyl adjacent to an activating group) is 1. The molecule has 1 aromatic carbocycles. The van der Waals surface area contributed by atoms with E-state index >= 15 is 0 Å². The quantitative estimate of drug-likeness (QED) is 0.746. The van der Waals surface area contributed by atoms with Gasteiger partial charge in [-0.2, -0.15) is 0 Å². The molecule has 2 N–H and O–H groups in total. The molecular formula is C17H18N4. The third-order valence-corrected chi connectivity index (χ3v) is 3.67. The number of pyridine rings is 2. The molecule has 0 unspecified atom stereocenters. The number of hydrogen-bond donors (Lipinski definition) is 1. The normalized spacial score (nSPS) is 10.7. The predicted octanol–water partition coefficient (Wildman–Crippen LogP) is 2.89. The van der Waals surface area contributed by atoms with Crippen LogP contribution in [0.5, 0.6) is 0 Å². The second-order valence-corrected chi connectivity index (χ2v) is 5.09. The van der Waals surface area contributed by atoms with Gasteiger partial charge in [0.1, 0.15) is 0 Å². The number of aromatic nitrogens is 2. The van der Waals surface area contributed by atoms with Crippen LogP contribution in [0.15, 0.2) is 55.0 Å². The number of anilines is 2. The average Bonchev–Trinajstić information content (AvgIpc) is 2.54. The van der Waals surface area contributed by atoms with E-state index in [2.05, 4.69) is 34.0 Å². The van der Waals surface area contributed by atoms with Gasteiger partial charge >= 0.3 is 0 Å². The molecule has 3 rings (SSSR count). The van der Waals surface area contributed by atoms with Crippen LogP contribution in [0.3, 0.4) is 0 Å². The van der Waals surface area contributed by atoms with Gasteiger partial charge in [0, 0.05) is 66.4 Å². The maximum Gasteiger partial charge on any atom is 0.0460 e. The van der Waals surface area contributed by atoms with Crippen molar-refractivity contribution in [3.8, 4) is 0 Å². The fraction of sp³-hybridized carbons (Fsp3) is 0.176. The summed E-state index contributed by atoms with van der Waals surface area (Å²) in [6.07, 6.45) is 6.38. The van der Waals surface area contributed by atoms with E-state index in [0.29, 0.717) is 0 Å². The molecule has 0 aliphatic heterocycles. The molecule has 2 aromatic heterocycles. The van der Waals surface area contributed by atoms with E-state index in [1.807, 2.05) is 36.7 Å². The number of hydrogen-bond acceptors (Lipinski definition) is 4. The van der Waals surface area contributed by atoms with Crippen LogP contribution >= 0.6 is 0 Å². The highest BCUT2D eigenvalue weighted by Gasteiger charge is 2.08. The molecule has 3 aromatic rings. The Bertz CT molecular complexity index is 740. The van der Waals surface area contributed by atoms with Gasteiger partial charge in [-0.3, -0.25) is 9.97 Å². The van der Waals surface area contributed by atoms with Crippen molar-refractivity contribution in [2.75, 3.05) is 24.2 Å². The Labute approximate surface area is 124 Å². The molecule has 4 heteroatoms. The van der Waals surface area contributed by atoms with E-state index in [9.17, 15) is 0 Å².